The van der Waals surface area contributed by atoms with E-state index in [1.165, 1.54) is 0 Å². The van der Waals surface area contributed by atoms with E-state index in [1.807, 2.05) is 36.1 Å². The minimum atomic E-state index is -0.862. The summed E-state index contributed by atoms with van der Waals surface area (Å²) in [6.07, 6.45) is 3.67. The van der Waals surface area contributed by atoms with Crippen LogP contribution in [0.25, 0.3) is 0 Å². The second kappa shape index (κ2) is 5.92. The molecule has 7 nitrogen and oxygen atoms in total. The number of nitrogens with one attached hydrogen (secondary N) is 2. The van der Waals surface area contributed by atoms with E-state index >= 15 is 0 Å². The molecule has 1 aromatic carbocycles. The highest BCUT2D eigenvalue weighted by Gasteiger charge is 2.65. The largest absolute Gasteiger partial charge is 0.344 e. The van der Waals surface area contributed by atoms with E-state index < -0.39 is 5.54 Å². The molecule has 0 bridgehead atoms. The number of H-pyrrole nitrogens is 1. The number of carbonyl (C=O) groups excluding carboxylic acids is 2. The molecule has 5 heterocycles. The molecule has 150 valence electrons. The lowest BCUT2D eigenvalue weighted by atomic mass is 9.78. The number of benzene rings is 1. The van der Waals surface area contributed by atoms with Crippen LogP contribution in [-0.2, 0) is 28.1 Å². The molecule has 0 aliphatic carbocycles. The summed E-state index contributed by atoms with van der Waals surface area (Å²) in [5.74, 6) is 0.620. The first kappa shape index (κ1) is 17.2. The third kappa shape index (κ3) is 2.19. The molecule has 6 rings (SSSR count). The molecule has 4 aliphatic heterocycles. The van der Waals surface area contributed by atoms with Gasteiger partial charge in [-0.3, -0.25) is 14.5 Å². The van der Waals surface area contributed by atoms with E-state index in [4.69, 9.17) is 0 Å². The van der Waals surface area contributed by atoms with Crippen molar-refractivity contribution in [1.82, 2.24) is 19.8 Å². The Kier molecular flexibility index (Phi) is 3.51. The van der Waals surface area contributed by atoms with E-state index in [0.717, 1.165) is 60.7 Å². The zero-order chi connectivity index (χ0) is 19.8. The summed E-state index contributed by atoms with van der Waals surface area (Å²) >= 11 is 0. The van der Waals surface area contributed by atoms with Crippen LogP contribution in [0.15, 0.2) is 24.3 Å². The zero-order valence-electron chi connectivity index (χ0n) is 16.6. The standard InChI is InChI=1S/C22H25N5O2/c1-13-23-18-8-10-26(12-19(18)24-13)20(28)16-11-14-5-4-9-27(14)22(16)15-6-2-3-7-17(15)25-21(22)29/h2-3,6-7,14,16H,4-5,8-12H2,1H3,(H,23,24)(H,25,29)/t14-,16+,22+/m1/s1. The van der Waals surface area contributed by atoms with Gasteiger partial charge < -0.3 is 15.2 Å². The van der Waals surface area contributed by atoms with Crippen molar-refractivity contribution in [2.24, 2.45) is 5.92 Å². The molecule has 0 unspecified atom stereocenters. The van der Waals surface area contributed by atoms with Gasteiger partial charge in [-0.2, -0.15) is 0 Å². The molecular formula is C22H25N5O2. The highest BCUT2D eigenvalue weighted by Crippen LogP contribution is 2.55. The zero-order valence-corrected chi connectivity index (χ0v) is 16.6. The van der Waals surface area contributed by atoms with Crippen LogP contribution in [0.1, 0.15) is 42.0 Å². The van der Waals surface area contributed by atoms with Gasteiger partial charge in [0.15, 0.2) is 0 Å². The van der Waals surface area contributed by atoms with Crippen LogP contribution < -0.4 is 5.32 Å². The fourth-order valence-electron chi connectivity index (χ4n) is 6.21. The molecule has 0 saturated carbocycles. The minimum absolute atomic E-state index is 0.0310. The molecular weight excluding hydrogens is 366 g/mol. The van der Waals surface area contributed by atoms with E-state index in [2.05, 4.69) is 20.2 Å². The third-order valence-electron chi connectivity index (χ3n) is 7.33. The molecule has 4 aliphatic rings. The summed E-state index contributed by atoms with van der Waals surface area (Å²) < 4.78 is 0. The Bertz CT molecular complexity index is 1030. The minimum Gasteiger partial charge on any atom is -0.344 e. The molecule has 1 spiro atoms. The molecule has 3 atom stereocenters. The Morgan fingerprint density at radius 1 is 1.28 bits per heavy atom. The van der Waals surface area contributed by atoms with E-state index in [0.29, 0.717) is 19.1 Å². The number of fused-ring (bicyclic) bond motifs is 5. The van der Waals surface area contributed by atoms with Crippen molar-refractivity contribution in [3.8, 4) is 0 Å². The number of para-hydroxylation sites is 1. The molecule has 7 heteroatoms. The average Bonchev–Trinajstić information content (AvgIpc) is 3.44. The van der Waals surface area contributed by atoms with Crippen LogP contribution in [0.3, 0.4) is 0 Å². The molecule has 2 amide bonds. The van der Waals surface area contributed by atoms with Crippen molar-refractivity contribution in [3.05, 3.63) is 47.0 Å². The number of rotatable bonds is 1. The number of anilines is 1. The number of aryl methyl sites for hydroxylation is 1. The summed E-state index contributed by atoms with van der Waals surface area (Å²) in [5.41, 5.74) is 3.07. The Balaban J connectivity index is 1.41. The maximum atomic E-state index is 13.8. The van der Waals surface area contributed by atoms with Crippen molar-refractivity contribution in [3.63, 3.8) is 0 Å². The number of aromatic amines is 1. The van der Waals surface area contributed by atoms with Crippen molar-refractivity contribution >= 4 is 17.5 Å². The molecule has 1 aromatic heterocycles. The number of amides is 2. The van der Waals surface area contributed by atoms with Crippen LogP contribution in [0.4, 0.5) is 5.69 Å². The second-order valence-corrected chi connectivity index (χ2v) is 8.80. The van der Waals surface area contributed by atoms with E-state index in [1.54, 1.807) is 0 Å². The van der Waals surface area contributed by atoms with Crippen molar-refractivity contribution in [1.29, 1.82) is 0 Å². The van der Waals surface area contributed by atoms with Crippen LogP contribution in [0.2, 0.25) is 0 Å². The smallest absolute Gasteiger partial charge is 0.250 e. The molecule has 0 radical (unpaired) electrons. The van der Waals surface area contributed by atoms with Crippen LogP contribution in [0.5, 0.6) is 0 Å². The van der Waals surface area contributed by atoms with E-state index in [-0.39, 0.29) is 17.7 Å². The quantitative estimate of drug-likeness (QED) is 0.778. The normalized spacial score (nSPS) is 30.4. The average molecular weight is 391 g/mol. The van der Waals surface area contributed by atoms with Gasteiger partial charge in [-0.05, 0) is 38.8 Å². The molecule has 2 fully saturated rings. The van der Waals surface area contributed by atoms with Gasteiger partial charge in [0, 0.05) is 30.3 Å². The van der Waals surface area contributed by atoms with Gasteiger partial charge in [-0.25, -0.2) is 4.98 Å². The van der Waals surface area contributed by atoms with Crippen LogP contribution in [-0.4, -0.2) is 50.7 Å². The van der Waals surface area contributed by atoms with Gasteiger partial charge in [-0.1, -0.05) is 18.2 Å². The first-order valence-corrected chi connectivity index (χ1v) is 10.6. The molecule has 2 saturated heterocycles. The number of aromatic nitrogens is 2. The second-order valence-electron chi connectivity index (χ2n) is 8.80. The summed E-state index contributed by atoms with van der Waals surface area (Å²) in [4.78, 5) is 39.4. The Morgan fingerprint density at radius 3 is 3.03 bits per heavy atom. The number of nitrogens with zero attached hydrogens (tertiary/aromatic N) is 3. The summed E-state index contributed by atoms with van der Waals surface area (Å²) in [5, 5.41) is 3.08. The third-order valence-corrected chi connectivity index (χ3v) is 7.33. The predicted octanol–water partition coefficient (Wildman–Crippen LogP) is 1.93. The summed E-state index contributed by atoms with van der Waals surface area (Å²) in [7, 11) is 0. The van der Waals surface area contributed by atoms with Gasteiger partial charge in [0.1, 0.15) is 11.4 Å². The highest BCUT2D eigenvalue weighted by molar-refractivity contribution is 6.09. The fourth-order valence-corrected chi connectivity index (χ4v) is 6.21. The maximum Gasteiger partial charge on any atom is 0.250 e. The lowest BCUT2D eigenvalue weighted by Gasteiger charge is -2.38. The number of imidazole rings is 1. The van der Waals surface area contributed by atoms with Crippen molar-refractivity contribution < 1.29 is 9.59 Å². The van der Waals surface area contributed by atoms with Crippen molar-refractivity contribution in [2.75, 3.05) is 18.4 Å². The van der Waals surface area contributed by atoms with Gasteiger partial charge in [0.2, 0.25) is 11.8 Å². The maximum absolute atomic E-state index is 13.8. The van der Waals surface area contributed by atoms with Gasteiger partial charge >= 0.3 is 0 Å². The molecule has 29 heavy (non-hydrogen) atoms. The lowest BCUT2D eigenvalue weighted by molar-refractivity contribution is -0.145. The Labute approximate surface area is 169 Å². The first-order chi connectivity index (χ1) is 14.1. The monoisotopic (exact) mass is 391 g/mol. The summed E-state index contributed by atoms with van der Waals surface area (Å²) in [6.45, 7) is 4.04. The Morgan fingerprint density at radius 2 is 2.14 bits per heavy atom. The predicted molar refractivity (Wildman–Crippen MR) is 107 cm³/mol. The van der Waals surface area contributed by atoms with Crippen molar-refractivity contribution in [2.45, 2.75) is 50.7 Å². The first-order valence-electron chi connectivity index (χ1n) is 10.6. The lowest BCUT2D eigenvalue weighted by Crippen LogP contribution is -2.55. The van der Waals surface area contributed by atoms with Gasteiger partial charge in [0.05, 0.1) is 23.9 Å². The van der Waals surface area contributed by atoms with Crippen LogP contribution >= 0.6 is 0 Å². The van der Waals surface area contributed by atoms with Crippen LogP contribution in [0, 0.1) is 12.8 Å². The molecule has 2 aromatic rings. The fraction of sp³-hybridized carbons (Fsp3) is 0.500. The van der Waals surface area contributed by atoms with E-state index in [9.17, 15) is 9.59 Å². The Hall–Kier alpha value is -2.67. The topological polar surface area (TPSA) is 81.3 Å². The SMILES string of the molecule is Cc1nc2c([nH]1)CN(C(=O)[C@@H]1C[C@H]3CCCN3[C@]13C(=O)Nc1ccccc13)CC2. The number of hydrogen-bond acceptors (Lipinski definition) is 4. The van der Waals surface area contributed by atoms with Gasteiger partial charge in [0.25, 0.3) is 0 Å². The molecule has 2 N–H and O–H groups in total. The number of hydrogen-bond donors (Lipinski definition) is 2. The summed E-state index contributed by atoms with van der Waals surface area (Å²) in [6, 6.07) is 8.20. The number of carbonyl (C=O) groups is 2. The highest BCUT2D eigenvalue weighted by atomic mass is 16.2. The van der Waals surface area contributed by atoms with Gasteiger partial charge in [-0.15, -0.1) is 0 Å².